The SMILES string of the molecule is N#Cc1cncc(COc2cc(OCc3cccc(-c4ccccc4)c3C#N)c3c(c2C=O)CCC3)c1. The van der Waals surface area contributed by atoms with Crippen molar-refractivity contribution < 1.29 is 14.3 Å². The van der Waals surface area contributed by atoms with E-state index in [0.717, 1.165) is 58.9 Å². The summed E-state index contributed by atoms with van der Waals surface area (Å²) in [5.74, 6) is 1.09. The van der Waals surface area contributed by atoms with Gasteiger partial charge in [-0.25, -0.2) is 0 Å². The van der Waals surface area contributed by atoms with Gasteiger partial charge in [0.15, 0.2) is 6.29 Å². The lowest BCUT2D eigenvalue weighted by molar-refractivity contribution is 0.111. The highest BCUT2D eigenvalue weighted by Crippen LogP contribution is 2.39. The number of carbonyl (C=O) groups excluding carboxylic acids is 1. The maximum absolute atomic E-state index is 12.0. The quantitative estimate of drug-likeness (QED) is 0.286. The zero-order chi connectivity index (χ0) is 25.6. The average molecular weight is 486 g/mol. The van der Waals surface area contributed by atoms with Gasteiger partial charge in [-0.15, -0.1) is 0 Å². The van der Waals surface area contributed by atoms with Crippen LogP contribution >= 0.6 is 0 Å². The smallest absolute Gasteiger partial charge is 0.154 e. The van der Waals surface area contributed by atoms with E-state index in [9.17, 15) is 10.1 Å². The number of hydrogen-bond donors (Lipinski definition) is 0. The molecule has 0 radical (unpaired) electrons. The van der Waals surface area contributed by atoms with Crippen LogP contribution < -0.4 is 9.47 Å². The molecule has 0 unspecified atom stereocenters. The largest absolute Gasteiger partial charge is 0.488 e. The highest BCUT2D eigenvalue weighted by Gasteiger charge is 2.24. The fourth-order valence-electron chi connectivity index (χ4n) is 4.78. The number of rotatable bonds is 8. The monoisotopic (exact) mass is 485 g/mol. The molecule has 0 saturated heterocycles. The van der Waals surface area contributed by atoms with Crippen LogP contribution in [0.3, 0.4) is 0 Å². The minimum absolute atomic E-state index is 0.166. The number of carbonyl (C=O) groups is 1. The molecular formula is C31H23N3O3. The Balaban J connectivity index is 1.44. The molecule has 1 aromatic heterocycles. The number of aromatic nitrogens is 1. The van der Waals surface area contributed by atoms with Crippen LogP contribution in [0.2, 0.25) is 0 Å². The Hall–Kier alpha value is -4.94. The molecule has 4 aromatic rings. The number of benzene rings is 3. The van der Waals surface area contributed by atoms with Crippen LogP contribution in [0.5, 0.6) is 11.5 Å². The molecule has 1 aliphatic carbocycles. The van der Waals surface area contributed by atoms with Gasteiger partial charge in [-0.3, -0.25) is 9.78 Å². The second-order valence-electron chi connectivity index (χ2n) is 8.80. The third-order valence-electron chi connectivity index (χ3n) is 6.53. The first kappa shape index (κ1) is 23.8. The van der Waals surface area contributed by atoms with Crippen LogP contribution in [-0.2, 0) is 26.1 Å². The summed E-state index contributed by atoms with van der Waals surface area (Å²) in [4.78, 5) is 16.1. The summed E-state index contributed by atoms with van der Waals surface area (Å²) in [5.41, 5.74) is 6.88. The number of ether oxygens (including phenoxy) is 2. The number of fused-ring (bicyclic) bond motifs is 1. The second-order valence-corrected chi connectivity index (χ2v) is 8.80. The lowest BCUT2D eigenvalue weighted by atomic mass is 9.96. The van der Waals surface area contributed by atoms with Gasteiger partial charge in [0.25, 0.3) is 0 Å². The van der Waals surface area contributed by atoms with Crippen molar-refractivity contribution in [3.8, 4) is 34.8 Å². The van der Waals surface area contributed by atoms with Gasteiger partial charge >= 0.3 is 0 Å². The van der Waals surface area contributed by atoms with Crippen molar-refractivity contribution in [2.24, 2.45) is 0 Å². The Morgan fingerprint density at radius 2 is 1.68 bits per heavy atom. The summed E-state index contributed by atoms with van der Waals surface area (Å²) < 4.78 is 12.3. The van der Waals surface area contributed by atoms with Crippen molar-refractivity contribution in [3.05, 3.63) is 112 Å². The normalized spacial score (nSPS) is 11.7. The Morgan fingerprint density at radius 3 is 2.46 bits per heavy atom. The Labute approximate surface area is 215 Å². The average Bonchev–Trinajstić information content (AvgIpc) is 3.45. The van der Waals surface area contributed by atoms with Crippen LogP contribution in [0.25, 0.3) is 11.1 Å². The van der Waals surface area contributed by atoms with Gasteiger partial charge in [0.1, 0.15) is 36.9 Å². The summed E-state index contributed by atoms with van der Waals surface area (Å²) in [6, 6.07) is 23.5. The number of pyridine rings is 1. The molecular weight excluding hydrogens is 462 g/mol. The lowest BCUT2D eigenvalue weighted by Crippen LogP contribution is -2.06. The molecule has 0 amide bonds. The van der Waals surface area contributed by atoms with Gasteiger partial charge in [-0.2, -0.15) is 10.5 Å². The first-order valence-corrected chi connectivity index (χ1v) is 12.0. The summed E-state index contributed by atoms with van der Waals surface area (Å²) in [6.07, 6.45) is 6.48. The van der Waals surface area contributed by atoms with Gasteiger partial charge in [0.05, 0.1) is 16.7 Å². The molecule has 0 bridgehead atoms. The molecule has 5 rings (SSSR count). The standard InChI is InChI=1S/C31H23N3O3/c32-14-21-12-22(17-34-16-21)19-36-31-13-30(27-11-5-10-26(27)29(31)18-35)37-20-24-8-4-9-25(28(24)15-33)23-6-2-1-3-7-23/h1-4,6-9,12-13,16-18H,5,10-11,19-20H2. The lowest BCUT2D eigenvalue weighted by Gasteiger charge is -2.17. The molecule has 0 saturated carbocycles. The number of aldehydes is 1. The van der Waals surface area contributed by atoms with Crippen LogP contribution in [0.4, 0.5) is 0 Å². The van der Waals surface area contributed by atoms with Crippen molar-refractivity contribution in [2.45, 2.75) is 32.5 Å². The molecule has 0 N–H and O–H groups in total. The van der Waals surface area contributed by atoms with E-state index in [2.05, 4.69) is 17.1 Å². The fourth-order valence-corrected chi connectivity index (χ4v) is 4.78. The van der Waals surface area contributed by atoms with E-state index in [1.54, 1.807) is 18.3 Å². The van der Waals surface area contributed by atoms with Crippen molar-refractivity contribution in [2.75, 3.05) is 0 Å². The first-order valence-electron chi connectivity index (χ1n) is 12.0. The van der Waals surface area contributed by atoms with Crippen LogP contribution in [0, 0.1) is 22.7 Å². The number of hydrogen-bond acceptors (Lipinski definition) is 6. The summed E-state index contributed by atoms with van der Waals surface area (Å²) in [6.45, 7) is 0.378. The molecule has 0 aliphatic heterocycles. The van der Waals surface area contributed by atoms with Crippen LogP contribution in [0.15, 0.2) is 73.1 Å². The molecule has 3 aromatic carbocycles. The molecule has 1 heterocycles. The molecule has 180 valence electrons. The fraction of sp³-hybridized carbons (Fsp3) is 0.161. The third-order valence-corrected chi connectivity index (χ3v) is 6.53. The Morgan fingerprint density at radius 1 is 0.865 bits per heavy atom. The highest BCUT2D eigenvalue weighted by atomic mass is 16.5. The predicted molar refractivity (Wildman–Crippen MR) is 138 cm³/mol. The molecule has 6 nitrogen and oxygen atoms in total. The van der Waals surface area contributed by atoms with E-state index >= 15 is 0 Å². The second kappa shape index (κ2) is 10.8. The zero-order valence-electron chi connectivity index (χ0n) is 20.1. The van der Waals surface area contributed by atoms with E-state index in [-0.39, 0.29) is 13.2 Å². The molecule has 37 heavy (non-hydrogen) atoms. The van der Waals surface area contributed by atoms with Crippen LogP contribution in [0.1, 0.15) is 50.2 Å². The van der Waals surface area contributed by atoms with Gasteiger partial charge in [-0.05, 0) is 47.6 Å². The molecule has 0 atom stereocenters. The predicted octanol–water partition coefficient (Wildman–Crippen LogP) is 5.95. The summed E-state index contributed by atoms with van der Waals surface area (Å²) in [5, 5.41) is 19.1. The molecule has 6 heteroatoms. The third kappa shape index (κ3) is 4.91. The maximum Gasteiger partial charge on any atom is 0.154 e. The highest BCUT2D eigenvalue weighted by molar-refractivity contribution is 5.84. The van der Waals surface area contributed by atoms with Crippen molar-refractivity contribution in [3.63, 3.8) is 0 Å². The molecule has 0 fully saturated rings. The number of nitriles is 2. The summed E-state index contributed by atoms with van der Waals surface area (Å²) in [7, 11) is 0. The van der Waals surface area contributed by atoms with E-state index in [0.29, 0.717) is 28.2 Å². The van der Waals surface area contributed by atoms with E-state index < -0.39 is 0 Å². The Kier molecular flexibility index (Phi) is 6.92. The van der Waals surface area contributed by atoms with Gasteiger partial charge in [-0.1, -0.05) is 48.5 Å². The molecule has 0 spiro atoms. The minimum atomic E-state index is 0.166. The minimum Gasteiger partial charge on any atom is -0.488 e. The zero-order valence-corrected chi connectivity index (χ0v) is 20.1. The maximum atomic E-state index is 12.0. The van der Waals surface area contributed by atoms with Crippen molar-refractivity contribution in [1.29, 1.82) is 10.5 Å². The van der Waals surface area contributed by atoms with Gasteiger partial charge in [0, 0.05) is 29.6 Å². The number of nitrogens with zero attached hydrogens (tertiary/aromatic N) is 3. The summed E-state index contributed by atoms with van der Waals surface area (Å²) >= 11 is 0. The van der Waals surface area contributed by atoms with Gasteiger partial charge in [0.2, 0.25) is 0 Å². The van der Waals surface area contributed by atoms with E-state index in [4.69, 9.17) is 14.7 Å². The van der Waals surface area contributed by atoms with Crippen LogP contribution in [-0.4, -0.2) is 11.3 Å². The van der Waals surface area contributed by atoms with E-state index in [1.807, 2.05) is 48.5 Å². The van der Waals surface area contributed by atoms with Gasteiger partial charge < -0.3 is 9.47 Å². The van der Waals surface area contributed by atoms with E-state index in [1.165, 1.54) is 6.20 Å². The topological polar surface area (TPSA) is 96.0 Å². The Bertz CT molecular complexity index is 1550. The first-order chi connectivity index (χ1) is 18.2. The van der Waals surface area contributed by atoms with Crippen molar-refractivity contribution >= 4 is 6.29 Å². The van der Waals surface area contributed by atoms with Crippen molar-refractivity contribution in [1.82, 2.24) is 4.98 Å². The molecule has 1 aliphatic rings.